The third-order valence-electron chi connectivity index (χ3n) is 2.99. The summed E-state index contributed by atoms with van der Waals surface area (Å²) in [4.78, 5) is 34.5. The molecule has 116 valence electrons. The Hall–Kier alpha value is -2.93. The molecular weight excluding hydrogens is 320 g/mol. The highest BCUT2D eigenvalue weighted by molar-refractivity contribution is 6.30. The van der Waals surface area contributed by atoms with Crippen LogP contribution in [0.3, 0.4) is 0 Å². The molecule has 0 saturated heterocycles. The molecule has 0 bridgehead atoms. The van der Waals surface area contributed by atoms with E-state index in [1.54, 1.807) is 30.3 Å². The van der Waals surface area contributed by atoms with Gasteiger partial charge in [0.2, 0.25) is 0 Å². The van der Waals surface area contributed by atoms with Crippen LogP contribution < -0.4 is 5.32 Å². The summed E-state index contributed by atoms with van der Waals surface area (Å²) >= 11 is 5.70. The lowest BCUT2D eigenvalue weighted by Crippen LogP contribution is -2.21. The number of imidazole rings is 1. The van der Waals surface area contributed by atoms with Crippen LogP contribution in [0, 0.1) is 0 Å². The van der Waals surface area contributed by atoms with Crippen LogP contribution in [0.15, 0.2) is 42.9 Å². The third kappa shape index (κ3) is 3.64. The number of aromatic amines is 1. The van der Waals surface area contributed by atoms with Gasteiger partial charge in [0.15, 0.2) is 6.61 Å². The number of hydrogen-bond acceptors (Lipinski definition) is 5. The average Bonchev–Trinajstić information content (AvgIpc) is 3.02. The van der Waals surface area contributed by atoms with Crippen molar-refractivity contribution in [3.63, 3.8) is 0 Å². The highest BCUT2D eigenvalue weighted by Crippen LogP contribution is 2.13. The average molecular weight is 331 g/mol. The number of fused-ring (bicyclic) bond motifs is 1. The number of pyridine rings is 1. The Morgan fingerprint density at radius 2 is 2.09 bits per heavy atom. The quantitative estimate of drug-likeness (QED) is 0.716. The second-order valence-electron chi connectivity index (χ2n) is 4.62. The molecule has 0 aliphatic heterocycles. The zero-order chi connectivity index (χ0) is 16.2. The number of nitrogens with zero attached hydrogens (tertiary/aromatic N) is 2. The van der Waals surface area contributed by atoms with E-state index in [0.29, 0.717) is 21.9 Å². The van der Waals surface area contributed by atoms with E-state index in [2.05, 4.69) is 20.3 Å². The Morgan fingerprint density at radius 1 is 1.22 bits per heavy atom. The molecule has 23 heavy (non-hydrogen) atoms. The number of amides is 1. The second-order valence-corrected chi connectivity index (χ2v) is 5.06. The molecule has 0 spiro atoms. The van der Waals surface area contributed by atoms with Crippen LogP contribution in [-0.2, 0) is 9.53 Å². The Bertz CT molecular complexity index is 861. The van der Waals surface area contributed by atoms with E-state index < -0.39 is 18.5 Å². The lowest BCUT2D eigenvalue weighted by Gasteiger charge is -2.06. The molecule has 1 aromatic carbocycles. The molecule has 0 unspecified atom stereocenters. The molecule has 0 saturated carbocycles. The number of aromatic nitrogens is 3. The van der Waals surface area contributed by atoms with E-state index >= 15 is 0 Å². The van der Waals surface area contributed by atoms with Crippen LogP contribution in [0.2, 0.25) is 5.02 Å². The van der Waals surface area contributed by atoms with Crippen molar-refractivity contribution in [2.24, 2.45) is 0 Å². The van der Waals surface area contributed by atoms with Crippen molar-refractivity contribution in [1.29, 1.82) is 0 Å². The topological polar surface area (TPSA) is 97.0 Å². The third-order valence-corrected chi connectivity index (χ3v) is 3.21. The molecule has 0 atom stereocenters. The molecule has 3 aromatic rings. The van der Waals surface area contributed by atoms with Crippen LogP contribution in [0.5, 0.6) is 0 Å². The summed E-state index contributed by atoms with van der Waals surface area (Å²) in [5.74, 6) is -0.758. The van der Waals surface area contributed by atoms with Gasteiger partial charge in [-0.2, -0.15) is 0 Å². The number of carbonyl (C=O) groups is 2. The van der Waals surface area contributed by atoms with Crippen molar-refractivity contribution in [1.82, 2.24) is 15.0 Å². The largest absolute Gasteiger partial charge is 0.452 e. The first-order valence-electron chi connectivity index (χ1n) is 6.63. The van der Waals surface area contributed by atoms with E-state index in [4.69, 9.17) is 16.3 Å². The molecule has 0 aliphatic rings. The first kappa shape index (κ1) is 15.0. The molecule has 0 fully saturated rings. The van der Waals surface area contributed by atoms with Crippen molar-refractivity contribution in [3.8, 4) is 0 Å². The molecule has 8 heteroatoms. The highest BCUT2D eigenvalue weighted by atomic mass is 35.5. The van der Waals surface area contributed by atoms with Gasteiger partial charge in [-0.3, -0.25) is 4.79 Å². The summed E-state index contributed by atoms with van der Waals surface area (Å²) in [5.41, 5.74) is 1.79. The zero-order valence-electron chi connectivity index (χ0n) is 11.7. The molecule has 2 heterocycles. The zero-order valence-corrected chi connectivity index (χ0v) is 12.5. The van der Waals surface area contributed by atoms with E-state index in [-0.39, 0.29) is 0 Å². The van der Waals surface area contributed by atoms with Gasteiger partial charge in [0.1, 0.15) is 5.82 Å². The molecule has 1 amide bonds. The van der Waals surface area contributed by atoms with E-state index in [0.717, 1.165) is 5.52 Å². The maximum absolute atomic E-state index is 11.9. The van der Waals surface area contributed by atoms with Gasteiger partial charge in [0.05, 0.1) is 27.9 Å². The molecule has 2 N–H and O–H groups in total. The number of H-pyrrole nitrogens is 1. The summed E-state index contributed by atoms with van der Waals surface area (Å²) < 4.78 is 4.97. The van der Waals surface area contributed by atoms with Crippen LogP contribution in [0.25, 0.3) is 11.0 Å². The number of benzene rings is 1. The fourth-order valence-corrected chi connectivity index (χ4v) is 2.02. The van der Waals surface area contributed by atoms with Gasteiger partial charge in [-0.15, -0.1) is 0 Å². The molecule has 0 radical (unpaired) electrons. The molecule has 7 nitrogen and oxygen atoms in total. The standard InChI is InChI=1S/C15H11ClN4O3/c16-10-2-4-13(17-6-10)20-14(21)7-23-15(22)9-1-3-11-12(5-9)19-8-18-11/h1-6,8H,7H2,(H,18,19)(H,17,20,21). The summed E-state index contributed by atoms with van der Waals surface area (Å²) in [6, 6.07) is 8.04. The van der Waals surface area contributed by atoms with Crippen molar-refractivity contribution < 1.29 is 14.3 Å². The Balaban J connectivity index is 1.57. The van der Waals surface area contributed by atoms with Gasteiger partial charge in [-0.05, 0) is 30.3 Å². The van der Waals surface area contributed by atoms with Gasteiger partial charge in [0, 0.05) is 6.20 Å². The van der Waals surface area contributed by atoms with Gasteiger partial charge in [0.25, 0.3) is 5.91 Å². The van der Waals surface area contributed by atoms with E-state index in [9.17, 15) is 9.59 Å². The first-order valence-corrected chi connectivity index (χ1v) is 7.01. The summed E-state index contributed by atoms with van der Waals surface area (Å²) in [5, 5.41) is 2.96. The van der Waals surface area contributed by atoms with Crippen molar-refractivity contribution in [2.75, 3.05) is 11.9 Å². The molecular formula is C15H11ClN4O3. The number of carbonyl (C=O) groups excluding carboxylic acids is 2. The number of esters is 1. The van der Waals surface area contributed by atoms with E-state index in [1.165, 1.54) is 12.5 Å². The molecule has 2 aromatic heterocycles. The summed E-state index contributed by atoms with van der Waals surface area (Å²) in [6.45, 7) is -0.413. The predicted molar refractivity (Wildman–Crippen MR) is 84.3 cm³/mol. The van der Waals surface area contributed by atoms with E-state index in [1.807, 2.05) is 0 Å². The van der Waals surface area contributed by atoms with Crippen molar-refractivity contribution in [2.45, 2.75) is 0 Å². The maximum Gasteiger partial charge on any atom is 0.338 e. The SMILES string of the molecule is O=C(COC(=O)c1ccc2nc[nH]c2c1)Nc1ccc(Cl)cn1. The number of halogens is 1. The van der Waals surface area contributed by atoms with Crippen LogP contribution >= 0.6 is 11.6 Å². The number of ether oxygens (including phenoxy) is 1. The van der Waals surface area contributed by atoms with Gasteiger partial charge in [-0.25, -0.2) is 14.8 Å². The fraction of sp³-hybridized carbons (Fsp3) is 0.0667. The Kier molecular flexibility index (Phi) is 4.20. The van der Waals surface area contributed by atoms with Crippen LogP contribution in [0.4, 0.5) is 5.82 Å². The summed E-state index contributed by atoms with van der Waals surface area (Å²) in [7, 11) is 0. The van der Waals surface area contributed by atoms with Gasteiger partial charge in [-0.1, -0.05) is 11.6 Å². The number of anilines is 1. The summed E-state index contributed by atoms with van der Waals surface area (Å²) in [6.07, 6.45) is 2.94. The second kappa shape index (κ2) is 6.45. The lowest BCUT2D eigenvalue weighted by atomic mass is 10.2. The normalized spacial score (nSPS) is 10.5. The smallest absolute Gasteiger partial charge is 0.338 e. The van der Waals surface area contributed by atoms with Gasteiger partial charge >= 0.3 is 5.97 Å². The minimum Gasteiger partial charge on any atom is -0.452 e. The first-order chi connectivity index (χ1) is 11.1. The number of rotatable bonds is 4. The van der Waals surface area contributed by atoms with Crippen LogP contribution in [0.1, 0.15) is 10.4 Å². The van der Waals surface area contributed by atoms with Crippen molar-refractivity contribution >= 4 is 40.3 Å². The predicted octanol–water partition coefficient (Wildman–Crippen LogP) is 2.41. The Labute approximate surface area is 135 Å². The number of hydrogen-bond donors (Lipinski definition) is 2. The Morgan fingerprint density at radius 3 is 2.87 bits per heavy atom. The minimum absolute atomic E-state index is 0.328. The molecule has 3 rings (SSSR count). The van der Waals surface area contributed by atoms with Crippen LogP contribution in [-0.4, -0.2) is 33.4 Å². The lowest BCUT2D eigenvalue weighted by molar-refractivity contribution is -0.119. The maximum atomic E-state index is 11.9. The molecule has 0 aliphatic carbocycles. The fourth-order valence-electron chi connectivity index (χ4n) is 1.91. The monoisotopic (exact) mass is 330 g/mol. The number of nitrogens with one attached hydrogen (secondary N) is 2. The minimum atomic E-state index is -0.597. The van der Waals surface area contributed by atoms with Crippen molar-refractivity contribution in [3.05, 3.63) is 53.4 Å². The highest BCUT2D eigenvalue weighted by Gasteiger charge is 2.12. The van der Waals surface area contributed by atoms with Gasteiger partial charge < -0.3 is 15.0 Å².